The number of amides is 1. The number of cyclic esters (lactones) is 1. The minimum Gasteiger partial charge on any atom is -0.480 e. The number of ether oxygens (including phenoxy) is 1. The van der Waals surface area contributed by atoms with Gasteiger partial charge in [0.1, 0.15) is 12.6 Å². The van der Waals surface area contributed by atoms with Gasteiger partial charge in [0.25, 0.3) is 0 Å². The Balaban J connectivity index is 2.13. The molecule has 0 aliphatic carbocycles. The Morgan fingerprint density at radius 3 is 2.65 bits per heavy atom. The van der Waals surface area contributed by atoms with Crippen LogP contribution in [0.25, 0.3) is 0 Å². The maximum Gasteiger partial charge on any atom is 0.410 e. The zero-order valence-corrected chi connectivity index (χ0v) is 9.20. The summed E-state index contributed by atoms with van der Waals surface area (Å²) in [7, 11) is 0. The van der Waals surface area contributed by atoms with Crippen molar-refractivity contribution >= 4 is 12.1 Å². The highest BCUT2D eigenvalue weighted by molar-refractivity contribution is 5.81. The fraction of sp³-hybridized carbons (Fsp3) is 0.333. The van der Waals surface area contributed by atoms with Gasteiger partial charge in [-0.25, -0.2) is 9.59 Å². The number of nitrogens with zero attached hydrogens (tertiary/aromatic N) is 1. The molecule has 0 aromatic heterocycles. The molecule has 0 radical (unpaired) electrons. The average molecular weight is 235 g/mol. The summed E-state index contributed by atoms with van der Waals surface area (Å²) in [6.45, 7) is 0.597. The lowest BCUT2D eigenvalue weighted by molar-refractivity contribution is -0.142. The van der Waals surface area contributed by atoms with Gasteiger partial charge in [-0.05, 0) is 5.56 Å². The number of hydrogen-bond acceptors (Lipinski definition) is 3. The molecule has 1 aliphatic heterocycles. The molecule has 1 aromatic rings. The lowest BCUT2D eigenvalue weighted by atomic mass is 10.1. The highest BCUT2D eigenvalue weighted by atomic mass is 16.6. The van der Waals surface area contributed by atoms with Crippen LogP contribution >= 0.6 is 0 Å². The lowest BCUT2D eigenvalue weighted by Gasteiger charge is -2.21. The van der Waals surface area contributed by atoms with E-state index in [-0.39, 0.29) is 6.61 Å². The number of aliphatic carboxylic acids is 1. The zero-order chi connectivity index (χ0) is 12.3. The molecule has 1 atom stereocenters. The van der Waals surface area contributed by atoms with E-state index in [9.17, 15) is 9.59 Å². The van der Waals surface area contributed by atoms with Crippen molar-refractivity contribution < 1.29 is 19.4 Å². The van der Waals surface area contributed by atoms with Gasteiger partial charge in [0.15, 0.2) is 0 Å². The van der Waals surface area contributed by atoms with Gasteiger partial charge in [0.2, 0.25) is 0 Å². The SMILES string of the molecule is O=C(O)[C@H](Cc1ccccc1)N1CCOC1=O. The molecule has 0 bridgehead atoms. The van der Waals surface area contributed by atoms with Crippen molar-refractivity contribution in [3.63, 3.8) is 0 Å². The second-order valence-electron chi connectivity index (χ2n) is 3.85. The minimum absolute atomic E-state index is 0.261. The van der Waals surface area contributed by atoms with Gasteiger partial charge >= 0.3 is 12.1 Å². The van der Waals surface area contributed by atoms with E-state index in [0.717, 1.165) is 5.56 Å². The number of hydrogen-bond donors (Lipinski definition) is 1. The fourth-order valence-corrected chi connectivity index (χ4v) is 1.86. The molecule has 0 unspecified atom stereocenters. The molecular formula is C12H13NO4. The van der Waals surface area contributed by atoms with Gasteiger partial charge < -0.3 is 9.84 Å². The summed E-state index contributed by atoms with van der Waals surface area (Å²) in [4.78, 5) is 23.8. The van der Waals surface area contributed by atoms with Crippen molar-refractivity contribution in [1.29, 1.82) is 0 Å². The Morgan fingerprint density at radius 2 is 2.12 bits per heavy atom. The van der Waals surface area contributed by atoms with Crippen molar-refractivity contribution in [1.82, 2.24) is 4.90 Å². The van der Waals surface area contributed by atoms with Crippen LogP contribution < -0.4 is 0 Å². The first-order chi connectivity index (χ1) is 8.18. The Labute approximate surface area is 98.6 Å². The highest BCUT2D eigenvalue weighted by Gasteiger charge is 2.34. The average Bonchev–Trinajstić information content (AvgIpc) is 2.73. The summed E-state index contributed by atoms with van der Waals surface area (Å²) in [5.74, 6) is -1.01. The predicted molar refractivity (Wildman–Crippen MR) is 59.6 cm³/mol. The van der Waals surface area contributed by atoms with Crippen molar-refractivity contribution in [3.8, 4) is 0 Å². The second kappa shape index (κ2) is 4.86. The number of rotatable bonds is 4. The van der Waals surface area contributed by atoms with Crippen molar-refractivity contribution in [3.05, 3.63) is 35.9 Å². The van der Waals surface area contributed by atoms with Crippen LogP contribution in [0.2, 0.25) is 0 Å². The molecule has 1 heterocycles. The number of carbonyl (C=O) groups is 2. The van der Waals surface area contributed by atoms with Crippen LogP contribution in [0.4, 0.5) is 4.79 Å². The predicted octanol–water partition coefficient (Wildman–Crippen LogP) is 1.13. The molecule has 1 saturated heterocycles. The van der Waals surface area contributed by atoms with E-state index in [1.807, 2.05) is 30.3 Å². The third-order valence-electron chi connectivity index (χ3n) is 2.73. The molecular weight excluding hydrogens is 222 g/mol. The van der Waals surface area contributed by atoms with E-state index < -0.39 is 18.1 Å². The van der Waals surface area contributed by atoms with Gasteiger partial charge in [-0.15, -0.1) is 0 Å². The smallest absolute Gasteiger partial charge is 0.410 e. The lowest BCUT2D eigenvalue weighted by Crippen LogP contribution is -2.43. The quantitative estimate of drug-likeness (QED) is 0.849. The summed E-state index contributed by atoms with van der Waals surface area (Å²) < 4.78 is 4.76. The normalized spacial score (nSPS) is 16.7. The molecule has 1 fully saturated rings. The molecule has 1 amide bonds. The molecule has 2 rings (SSSR count). The number of benzene rings is 1. The van der Waals surface area contributed by atoms with E-state index in [4.69, 9.17) is 9.84 Å². The van der Waals surface area contributed by atoms with Crippen molar-refractivity contribution in [2.75, 3.05) is 13.2 Å². The fourth-order valence-electron chi connectivity index (χ4n) is 1.86. The maximum atomic E-state index is 11.4. The van der Waals surface area contributed by atoms with Crippen molar-refractivity contribution in [2.24, 2.45) is 0 Å². The minimum atomic E-state index is -1.01. The topological polar surface area (TPSA) is 66.8 Å². The molecule has 0 spiro atoms. The van der Waals surface area contributed by atoms with Crippen LogP contribution in [0.5, 0.6) is 0 Å². The standard InChI is InChI=1S/C12H13NO4/c14-11(15)10(13-6-7-17-12(13)16)8-9-4-2-1-3-5-9/h1-5,10H,6-8H2,(H,14,15)/t10-/m0/s1. The first kappa shape index (κ1) is 11.4. The molecule has 1 aromatic carbocycles. The third-order valence-corrected chi connectivity index (χ3v) is 2.73. The van der Waals surface area contributed by atoms with E-state index in [0.29, 0.717) is 13.0 Å². The van der Waals surface area contributed by atoms with E-state index in [1.54, 1.807) is 0 Å². The monoisotopic (exact) mass is 235 g/mol. The maximum absolute atomic E-state index is 11.4. The molecule has 90 valence electrons. The summed E-state index contributed by atoms with van der Waals surface area (Å²) in [6, 6.07) is 8.39. The van der Waals surface area contributed by atoms with Crippen LogP contribution in [-0.4, -0.2) is 41.3 Å². The first-order valence-corrected chi connectivity index (χ1v) is 5.38. The Morgan fingerprint density at radius 1 is 1.41 bits per heavy atom. The second-order valence-corrected chi connectivity index (χ2v) is 3.85. The molecule has 1 N–H and O–H groups in total. The van der Waals surface area contributed by atoms with Crippen LogP contribution in [0, 0.1) is 0 Å². The van der Waals surface area contributed by atoms with Crippen LogP contribution in [0.1, 0.15) is 5.56 Å². The van der Waals surface area contributed by atoms with Crippen LogP contribution in [-0.2, 0) is 16.0 Å². The molecule has 17 heavy (non-hydrogen) atoms. The Kier molecular flexibility index (Phi) is 3.27. The molecule has 1 aliphatic rings. The van der Waals surface area contributed by atoms with Gasteiger partial charge in [-0.3, -0.25) is 4.90 Å². The van der Waals surface area contributed by atoms with Crippen LogP contribution in [0.15, 0.2) is 30.3 Å². The molecule has 5 nitrogen and oxygen atoms in total. The summed E-state index contributed by atoms with van der Waals surface area (Å²) in [6.07, 6.45) is -0.251. The zero-order valence-electron chi connectivity index (χ0n) is 9.20. The number of carbonyl (C=O) groups excluding carboxylic acids is 1. The van der Waals surface area contributed by atoms with Crippen LogP contribution in [0.3, 0.4) is 0 Å². The molecule has 5 heteroatoms. The number of carboxylic acid groups (broad SMARTS) is 1. The van der Waals surface area contributed by atoms with Gasteiger partial charge in [-0.2, -0.15) is 0 Å². The summed E-state index contributed by atoms with van der Waals surface area (Å²) in [5, 5.41) is 9.16. The van der Waals surface area contributed by atoms with E-state index in [1.165, 1.54) is 4.90 Å². The summed E-state index contributed by atoms with van der Waals surface area (Å²) >= 11 is 0. The Bertz CT molecular complexity index is 418. The summed E-state index contributed by atoms with van der Waals surface area (Å²) in [5.41, 5.74) is 0.889. The van der Waals surface area contributed by atoms with Gasteiger partial charge in [0, 0.05) is 6.42 Å². The van der Waals surface area contributed by atoms with E-state index in [2.05, 4.69) is 0 Å². The third kappa shape index (κ3) is 2.55. The van der Waals surface area contributed by atoms with Gasteiger partial charge in [0.05, 0.1) is 6.54 Å². The van der Waals surface area contributed by atoms with Crippen molar-refractivity contribution in [2.45, 2.75) is 12.5 Å². The largest absolute Gasteiger partial charge is 0.480 e. The van der Waals surface area contributed by atoms with Gasteiger partial charge in [-0.1, -0.05) is 30.3 Å². The first-order valence-electron chi connectivity index (χ1n) is 5.38. The number of carboxylic acids is 1. The Hall–Kier alpha value is -2.04. The van der Waals surface area contributed by atoms with E-state index >= 15 is 0 Å². The molecule has 0 saturated carbocycles. The highest BCUT2D eigenvalue weighted by Crippen LogP contribution is 2.14.